The van der Waals surface area contributed by atoms with Crippen molar-refractivity contribution < 1.29 is 18.8 Å². The SMILES string of the molecule is CCOC(=O)/C=C/c1c(C)cc(B2OC(C)(C)C(C)(C)O2)cc1C. The molecule has 4 nitrogen and oxygen atoms in total. The number of benzene rings is 1. The molecule has 1 aliphatic heterocycles. The Hall–Kier alpha value is -1.59. The maximum Gasteiger partial charge on any atom is 0.494 e. The molecule has 0 atom stereocenters. The lowest BCUT2D eigenvalue weighted by Crippen LogP contribution is -2.41. The van der Waals surface area contributed by atoms with Crippen molar-refractivity contribution >= 4 is 24.6 Å². The number of carbonyl (C=O) groups excluding carboxylic acids is 1. The Kier molecular flexibility index (Phi) is 5.26. The zero-order valence-electron chi connectivity index (χ0n) is 15.7. The van der Waals surface area contributed by atoms with E-state index in [-0.39, 0.29) is 24.3 Å². The zero-order chi connectivity index (χ0) is 18.1. The third kappa shape index (κ3) is 3.73. The molecular formula is C19H27BO4. The Balaban J connectivity index is 2.26. The summed E-state index contributed by atoms with van der Waals surface area (Å²) in [5.74, 6) is -0.327. The largest absolute Gasteiger partial charge is 0.494 e. The van der Waals surface area contributed by atoms with Crippen LogP contribution < -0.4 is 5.46 Å². The van der Waals surface area contributed by atoms with Crippen LogP contribution in [-0.4, -0.2) is 30.9 Å². The maximum absolute atomic E-state index is 11.5. The topological polar surface area (TPSA) is 44.8 Å². The highest BCUT2D eigenvalue weighted by molar-refractivity contribution is 6.62. The second-order valence-corrected chi connectivity index (χ2v) is 7.24. The molecule has 0 N–H and O–H groups in total. The quantitative estimate of drug-likeness (QED) is 0.483. The van der Waals surface area contributed by atoms with Gasteiger partial charge in [-0.2, -0.15) is 0 Å². The summed E-state index contributed by atoms with van der Waals surface area (Å²) in [5, 5.41) is 0. The normalized spacial score (nSPS) is 19.0. The van der Waals surface area contributed by atoms with Crippen LogP contribution in [0, 0.1) is 13.8 Å². The van der Waals surface area contributed by atoms with Gasteiger partial charge in [0.15, 0.2) is 0 Å². The Labute approximate surface area is 145 Å². The lowest BCUT2D eigenvalue weighted by molar-refractivity contribution is -0.137. The Morgan fingerprint density at radius 2 is 1.62 bits per heavy atom. The fourth-order valence-corrected chi connectivity index (χ4v) is 2.73. The Morgan fingerprint density at radius 1 is 1.12 bits per heavy atom. The average Bonchev–Trinajstić information content (AvgIpc) is 2.66. The molecule has 0 saturated carbocycles. The summed E-state index contributed by atoms with van der Waals surface area (Å²) in [6, 6.07) is 4.11. The second kappa shape index (κ2) is 6.73. The van der Waals surface area contributed by atoms with Gasteiger partial charge in [-0.15, -0.1) is 0 Å². The minimum absolute atomic E-state index is 0.327. The second-order valence-electron chi connectivity index (χ2n) is 7.24. The van der Waals surface area contributed by atoms with Crippen LogP contribution in [0.4, 0.5) is 0 Å². The van der Waals surface area contributed by atoms with Gasteiger partial charge in [0.1, 0.15) is 0 Å². The van der Waals surface area contributed by atoms with E-state index in [1.54, 1.807) is 13.0 Å². The van der Waals surface area contributed by atoms with Gasteiger partial charge in [-0.25, -0.2) is 4.79 Å². The molecule has 0 unspecified atom stereocenters. The predicted molar refractivity (Wildman–Crippen MR) is 97.3 cm³/mol. The number of hydrogen-bond acceptors (Lipinski definition) is 4. The standard InChI is InChI=1S/C19H27BO4/c1-8-22-17(21)10-9-16-13(2)11-15(12-14(16)3)20-23-18(4,5)19(6,7)24-20/h9-12H,8H2,1-7H3/b10-9+. The fraction of sp³-hybridized carbons (Fsp3) is 0.526. The molecule has 0 aromatic heterocycles. The number of esters is 1. The maximum atomic E-state index is 11.5. The highest BCUT2D eigenvalue weighted by Gasteiger charge is 2.51. The van der Waals surface area contributed by atoms with E-state index in [2.05, 4.69) is 12.1 Å². The molecule has 0 spiro atoms. The van der Waals surface area contributed by atoms with Gasteiger partial charge >= 0.3 is 13.1 Å². The van der Waals surface area contributed by atoms with Gasteiger partial charge in [0.2, 0.25) is 0 Å². The highest BCUT2D eigenvalue weighted by atomic mass is 16.7. The van der Waals surface area contributed by atoms with E-state index in [1.165, 1.54) is 6.08 Å². The molecule has 1 fully saturated rings. The molecule has 0 bridgehead atoms. The van der Waals surface area contributed by atoms with Gasteiger partial charge in [-0.05, 0) is 76.7 Å². The molecule has 1 aromatic carbocycles. The average molecular weight is 330 g/mol. The monoisotopic (exact) mass is 330 g/mol. The fourth-order valence-electron chi connectivity index (χ4n) is 2.73. The van der Waals surface area contributed by atoms with Gasteiger partial charge in [-0.1, -0.05) is 12.1 Å². The molecule has 24 heavy (non-hydrogen) atoms. The van der Waals surface area contributed by atoms with E-state index >= 15 is 0 Å². The van der Waals surface area contributed by atoms with Crippen molar-refractivity contribution in [3.63, 3.8) is 0 Å². The third-order valence-corrected chi connectivity index (χ3v) is 4.81. The molecule has 1 aliphatic rings. The van der Waals surface area contributed by atoms with Gasteiger partial charge in [0, 0.05) is 6.08 Å². The molecule has 0 radical (unpaired) electrons. The molecule has 130 valence electrons. The van der Waals surface area contributed by atoms with Crippen molar-refractivity contribution in [1.82, 2.24) is 0 Å². The molecular weight excluding hydrogens is 303 g/mol. The Bertz CT molecular complexity index is 622. The van der Waals surface area contributed by atoms with E-state index < -0.39 is 0 Å². The summed E-state index contributed by atoms with van der Waals surface area (Å²) in [4.78, 5) is 11.5. The van der Waals surface area contributed by atoms with Crippen LogP contribution in [0.2, 0.25) is 0 Å². The van der Waals surface area contributed by atoms with E-state index in [0.717, 1.165) is 22.2 Å². The van der Waals surface area contributed by atoms with Crippen molar-refractivity contribution in [2.75, 3.05) is 6.61 Å². The first-order chi connectivity index (χ1) is 11.1. The van der Waals surface area contributed by atoms with Crippen LogP contribution in [0.25, 0.3) is 6.08 Å². The lowest BCUT2D eigenvalue weighted by Gasteiger charge is -2.32. The van der Waals surface area contributed by atoms with Crippen molar-refractivity contribution in [2.45, 2.75) is 59.7 Å². The van der Waals surface area contributed by atoms with Crippen molar-refractivity contribution in [2.24, 2.45) is 0 Å². The number of rotatable bonds is 4. The third-order valence-electron chi connectivity index (χ3n) is 4.81. The van der Waals surface area contributed by atoms with Crippen molar-refractivity contribution in [3.05, 3.63) is 34.9 Å². The minimum Gasteiger partial charge on any atom is -0.463 e. The van der Waals surface area contributed by atoms with Crippen LogP contribution >= 0.6 is 0 Å². The van der Waals surface area contributed by atoms with E-state index in [4.69, 9.17) is 14.0 Å². The molecule has 2 rings (SSSR count). The predicted octanol–water partition coefficient (Wildman–Crippen LogP) is 3.18. The smallest absolute Gasteiger partial charge is 0.463 e. The van der Waals surface area contributed by atoms with E-state index in [9.17, 15) is 4.79 Å². The molecule has 1 aromatic rings. The Morgan fingerprint density at radius 3 is 2.08 bits per heavy atom. The summed E-state index contributed by atoms with van der Waals surface area (Å²) < 4.78 is 17.2. The summed E-state index contributed by atoms with van der Waals surface area (Å²) in [6.07, 6.45) is 3.27. The molecule has 5 heteroatoms. The summed E-state index contributed by atoms with van der Waals surface area (Å²) in [5.41, 5.74) is 3.44. The zero-order valence-corrected chi connectivity index (χ0v) is 15.7. The molecule has 0 aliphatic carbocycles. The first kappa shape index (κ1) is 18.7. The number of carbonyl (C=O) groups is 1. The first-order valence-electron chi connectivity index (χ1n) is 8.39. The summed E-state index contributed by atoms with van der Waals surface area (Å²) in [7, 11) is -0.379. The van der Waals surface area contributed by atoms with Crippen LogP contribution in [0.15, 0.2) is 18.2 Å². The molecule has 1 saturated heterocycles. The number of aryl methyl sites for hydroxylation is 2. The minimum atomic E-state index is -0.379. The van der Waals surface area contributed by atoms with Crippen molar-refractivity contribution in [1.29, 1.82) is 0 Å². The molecule has 1 heterocycles. The first-order valence-corrected chi connectivity index (χ1v) is 8.39. The van der Waals surface area contributed by atoms with Crippen molar-refractivity contribution in [3.8, 4) is 0 Å². The summed E-state index contributed by atoms with van der Waals surface area (Å²) >= 11 is 0. The number of ether oxygens (including phenoxy) is 1. The van der Waals surface area contributed by atoms with Gasteiger partial charge in [0.05, 0.1) is 17.8 Å². The van der Waals surface area contributed by atoms with E-state index in [0.29, 0.717) is 6.61 Å². The lowest BCUT2D eigenvalue weighted by atomic mass is 9.76. The summed E-state index contributed by atoms with van der Waals surface area (Å²) in [6.45, 7) is 14.4. The van der Waals surface area contributed by atoms with Crippen LogP contribution in [0.5, 0.6) is 0 Å². The number of hydrogen-bond donors (Lipinski definition) is 0. The van der Waals surface area contributed by atoms with Gasteiger partial charge in [-0.3, -0.25) is 0 Å². The van der Waals surface area contributed by atoms with E-state index in [1.807, 2.05) is 41.5 Å². The van der Waals surface area contributed by atoms with Gasteiger partial charge < -0.3 is 14.0 Å². The highest BCUT2D eigenvalue weighted by Crippen LogP contribution is 2.36. The van der Waals surface area contributed by atoms with Crippen LogP contribution in [0.1, 0.15) is 51.3 Å². The van der Waals surface area contributed by atoms with Crippen LogP contribution in [-0.2, 0) is 18.8 Å². The van der Waals surface area contributed by atoms with Crippen LogP contribution in [0.3, 0.4) is 0 Å². The van der Waals surface area contributed by atoms with Gasteiger partial charge in [0.25, 0.3) is 0 Å². The molecule has 0 amide bonds.